The number of rotatable bonds is 7. The molecule has 1 aliphatic heterocycles. The van der Waals surface area contributed by atoms with Crippen LogP contribution < -0.4 is 20.5 Å². The van der Waals surface area contributed by atoms with E-state index in [9.17, 15) is 9.59 Å². The maximum atomic E-state index is 12.3. The number of ether oxygens (including phenoxy) is 3. The molecular formula is C16H22N2O5. The second-order valence-corrected chi connectivity index (χ2v) is 5.43. The molecule has 0 aromatic heterocycles. The molecular weight excluding hydrogens is 300 g/mol. The molecule has 1 aliphatic rings. The van der Waals surface area contributed by atoms with Gasteiger partial charge in [-0.05, 0) is 38.0 Å². The zero-order valence-corrected chi connectivity index (χ0v) is 13.3. The molecule has 0 spiro atoms. The van der Waals surface area contributed by atoms with Gasteiger partial charge < -0.3 is 25.3 Å². The van der Waals surface area contributed by atoms with Crippen molar-refractivity contribution in [3.63, 3.8) is 0 Å². The lowest BCUT2D eigenvalue weighted by atomic mass is 10.1. The van der Waals surface area contributed by atoms with Gasteiger partial charge in [-0.2, -0.15) is 0 Å². The lowest BCUT2D eigenvalue weighted by Gasteiger charge is -2.20. The Morgan fingerprint density at radius 3 is 2.83 bits per heavy atom. The van der Waals surface area contributed by atoms with Gasteiger partial charge in [0.15, 0.2) is 18.1 Å². The Morgan fingerprint density at radius 2 is 2.22 bits per heavy atom. The molecule has 2 atom stereocenters. The van der Waals surface area contributed by atoms with E-state index in [1.165, 1.54) is 7.11 Å². The first kappa shape index (κ1) is 17.1. The van der Waals surface area contributed by atoms with Crippen molar-refractivity contribution < 1.29 is 23.8 Å². The molecule has 0 saturated carbocycles. The first-order valence-electron chi connectivity index (χ1n) is 7.53. The second kappa shape index (κ2) is 7.82. The fourth-order valence-electron chi connectivity index (χ4n) is 2.46. The number of hydrogen-bond donors (Lipinski definition) is 2. The Bertz CT molecular complexity index is 570. The monoisotopic (exact) mass is 322 g/mol. The Hall–Kier alpha value is -2.28. The Balaban J connectivity index is 2.03. The fraction of sp³-hybridized carbons (Fsp3) is 0.500. The van der Waals surface area contributed by atoms with Crippen molar-refractivity contribution in [3.8, 4) is 11.5 Å². The zero-order chi connectivity index (χ0) is 16.8. The normalized spacial score (nSPS) is 18.3. The van der Waals surface area contributed by atoms with E-state index in [2.05, 4.69) is 5.32 Å². The van der Waals surface area contributed by atoms with Gasteiger partial charge in [0.25, 0.3) is 11.8 Å². The molecule has 0 aliphatic carbocycles. The number of hydrogen-bond acceptors (Lipinski definition) is 5. The summed E-state index contributed by atoms with van der Waals surface area (Å²) in [6.45, 7) is 2.41. The molecule has 23 heavy (non-hydrogen) atoms. The summed E-state index contributed by atoms with van der Waals surface area (Å²) in [5.74, 6) is -0.0780. The Morgan fingerprint density at radius 1 is 1.43 bits per heavy atom. The van der Waals surface area contributed by atoms with Gasteiger partial charge in [0.05, 0.1) is 19.3 Å². The van der Waals surface area contributed by atoms with Crippen LogP contribution in [0.25, 0.3) is 0 Å². The van der Waals surface area contributed by atoms with Crippen LogP contribution >= 0.6 is 0 Å². The van der Waals surface area contributed by atoms with Gasteiger partial charge in [-0.15, -0.1) is 0 Å². The van der Waals surface area contributed by atoms with Crippen molar-refractivity contribution in [1.82, 2.24) is 5.32 Å². The summed E-state index contributed by atoms with van der Waals surface area (Å²) in [5, 5.41) is 2.92. The Labute approximate surface area is 135 Å². The molecule has 0 bridgehead atoms. The van der Waals surface area contributed by atoms with Crippen LogP contribution in [0.5, 0.6) is 11.5 Å². The molecule has 2 rings (SSSR count). The third-order valence-corrected chi connectivity index (χ3v) is 3.68. The fourth-order valence-corrected chi connectivity index (χ4v) is 2.46. The second-order valence-electron chi connectivity index (χ2n) is 5.43. The molecule has 0 unspecified atom stereocenters. The lowest BCUT2D eigenvalue weighted by molar-refractivity contribution is -0.119. The largest absolute Gasteiger partial charge is 0.493 e. The highest BCUT2D eigenvalue weighted by Gasteiger charge is 2.24. The average Bonchev–Trinajstić information content (AvgIpc) is 3.07. The molecule has 126 valence electrons. The van der Waals surface area contributed by atoms with Crippen molar-refractivity contribution in [1.29, 1.82) is 0 Å². The number of carbonyl (C=O) groups is 2. The molecule has 2 amide bonds. The highest BCUT2D eigenvalue weighted by atomic mass is 16.5. The predicted octanol–water partition coefficient (Wildman–Crippen LogP) is 0.857. The van der Waals surface area contributed by atoms with Crippen LogP contribution in [0.4, 0.5) is 0 Å². The number of primary amides is 1. The van der Waals surface area contributed by atoms with E-state index in [0.717, 1.165) is 19.4 Å². The van der Waals surface area contributed by atoms with Crippen molar-refractivity contribution in [2.24, 2.45) is 5.73 Å². The van der Waals surface area contributed by atoms with Crippen LogP contribution in [0.3, 0.4) is 0 Å². The first-order valence-corrected chi connectivity index (χ1v) is 7.53. The molecule has 1 aromatic rings. The van der Waals surface area contributed by atoms with Crippen molar-refractivity contribution in [3.05, 3.63) is 23.8 Å². The molecule has 1 fully saturated rings. The van der Waals surface area contributed by atoms with Gasteiger partial charge in [-0.1, -0.05) is 0 Å². The lowest BCUT2D eigenvalue weighted by Crippen LogP contribution is -2.40. The Kier molecular flexibility index (Phi) is 5.81. The molecule has 7 nitrogen and oxygen atoms in total. The maximum absolute atomic E-state index is 12.3. The third-order valence-electron chi connectivity index (χ3n) is 3.68. The van der Waals surface area contributed by atoms with E-state index >= 15 is 0 Å². The van der Waals surface area contributed by atoms with Crippen LogP contribution in [0.2, 0.25) is 0 Å². The topological polar surface area (TPSA) is 99.9 Å². The predicted molar refractivity (Wildman–Crippen MR) is 83.6 cm³/mol. The molecule has 0 radical (unpaired) electrons. The first-order chi connectivity index (χ1) is 11.0. The van der Waals surface area contributed by atoms with E-state index in [0.29, 0.717) is 17.1 Å². The van der Waals surface area contributed by atoms with Gasteiger partial charge in [-0.25, -0.2) is 0 Å². The van der Waals surface area contributed by atoms with Crippen LogP contribution in [0.15, 0.2) is 18.2 Å². The number of amides is 2. The van der Waals surface area contributed by atoms with Gasteiger partial charge in [0.1, 0.15) is 0 Å². The minimum Gasteiger partial charge on any atom is -0.493 e. The molecule has 7 heteroatoms. The number of nitrogens with two attached hydrogens (primary N) is 1. The third kappa shape index (κ3) is 4.59. The van der Waals surface area contributed by atoms with E-state index < -0.39 is 5.91 Å². The van der Waals surface area contributed by atoms with E-state index in [1.54, 1.807) is 18.2 Å². The van der Waals surface area contributed by atoms with Crippen molar-refractivity contribution >= 4 is 11.8 Å². The zero-order valence-electron chi connectivity index (χ0n) is 13.3. The average molecular weight is 322 g/mol. The number of methoxy groups -OCH3 is 1. The highest BCUT2D eigenvalue weighted by Crippen LogP contribution is 2.28. The summed E-state index contributed by atoms with van der Waals surface area (Å²) in [6.07, 6.45) is 2.02. The summed E-state index contributed by atoms with van der Waals surface area (Å²) in [6, 6.07) is 4.68. The minimum absolute atomic E-state index is 0.0546. The van der Waals surface area contributed by atoms with E-state index in [-0.39, 0.29) is 24.7 Å². The van der Waals surface area contributed by atoms with Crippen molar-refractivity contribution in [2.45, 2.75) is 31.9 Å². The molecule has 1 aromatic carbocycles. The van der Waals surface area contributed by atoms with Gasteiger partial charge in [0, 0.05) is 12.2 Å². The minimum atomic E-state index is -0.584. The number of nitrogens with one attached hydrogen (secondary N) is 1. The van der Waals surface area contributed by atoms with Gasteiger partial charge in [-0.3, -0.25) is 9.59 Å². The number of benzene rings is 1. The van der Waals surface area contributed by atoms with Gasteiger partial charge >= 0.3 is 0 Å². The summed E-state index contributed by atoms with van der Waals surface area (Å²) in [4.78, 5) is 23.1. The van der Waals surface area contributed by atoms with Crippen LogP contribution in [-0.4, -0.2) is 44.3 Å². The summed E-state index contributed by atoms with van der Waals surface area (Å²) in [7, 11) is 1.46. The van der Waals surface area contributed by atoms with E-state index in [1.807, 2.05) is 6.92 Å². The molecule has 3 N–H and O–H groups in total. The molecule has 1 saturated heterocycles. The quantitative estimate of drug-likeness (QED) is 0.775. The number of carbonyl (C=O) groups excluding carboxylic acids is 2. The van der Waals surface area contributed by atoms with Crippen molar-refractivity contribution in [2.75, 3.05) is 20.3 Å². The highest BCUT2D eigenvalue weighted by molar-refractivity contribution is 5.95. The summed E-state index contributed by atoms with van der Waals surface area (Å²) < 4.78 is 16.0. The van der Waals surface area contributed by atoms with E-state index in [4.69, 9.17) is 19.9 Å². The summed E-state index contributed by atoms with van der Waals surface area (Å²) >= 11 is 0. The van der Waals surface area contributed by atoms with Crippen LogP contribution in [0, 0.1) is 0 Å². The maximum Gasteiger partial charge on any atom is 0.255 e. The smallest absolute Gasteiger partial charge is 0.255 e. The van der Waals surface area contributed by atoms with Gasteiger partial charge in [0.2, 0.25) is 0 Å². The van der Waals surface area contributed by atoms with Crippen LogP contribution in [0.1, 0.15) is 30.1 Å². The standard InChI is InChI=1S/C16H22N2O5/c1-10(12-4-3-7-22-12)18-16(20)11-5-6-13(14(8-11)21-2)23-9-15(17)19/h5-6,8,10,12H,3-4,7,9H2,1-2H3,(H2,17,19)(H,18,20)/t10-,12-/m0/s1. The summed E-state index contributed by atoms with van der Waals surface area (Å²) in [5.41, 5.74) is 5.49. The SMILES string of the molecule is COc1cc(C(=O)N[C@@H](C)[C@@H]2CCCO2)ccc1OCC(N)=O. The molecule has 1 heterocycles. The van der Waals surface area contributed by atoms with Crippen LogP contribution in [-0.2, 0) is 9.53 Å².